The zero-order chi connectivity index (χ0) is 11.5. The number of fused-ring (bicyclic) bond motifs is 1. The van der Waals surface area contributed by atoms with Gasteiger partial charge in [-0.1, -0.05) is 6.07 Å². The first-order valence-corrected chi connectivity index (χ1v) is 4.85. The number of rotatable bonds is 3. The van der Waals surface area contributed by atoms with Crippen molar-refractivity contribution in [2.75, 3.05) is 6.61 Å². The van der Waals surface area contributed by atoms with E-state index >= 15 is 0 Å². The minimum Gasteiger partial charge on any atom is -0.478 e. The molecule has 0 atom stereocenters. The number of nitriles is 1. The summed E-state index contributed by atoms with van der Waals surface area (Å²) in [6, 6.07) is 7.33. The number of carbonyl (C=O) groups is 1. The summed E-state index contributed by atoms with van der Waals surface area (Å²) in [5.74, 6) is 0.532. The smallest absolute Gasteiger partial charge is 0.174 e. The molecule has 0 saturated carbocycles. The predicted molar refractivity (Wildman–Crippen MR) is 59.4 cm³/mol. The lowest BCUT2D eigenvalue weighted by molar-refractivity contribution is 0.101. The predicted octanol–water partition coefficient (Wildman–Crippen LogP) is 2.27. The van der Waals surface area contributed by atoms with Gasteiger partial charge < -0.3 is 9.72 Å². The minimum atomic E-state index is -0.0285. The summed E-state index contributed by atoms with van der Waals surface area (Å²) < 4.78 is 5.28. The number of nitrogens with one attached hydrogen (secondary N) is 1. The Morgan fingerprint density at radius 3 is 3.06 bits per heavy atom. The van der Waals surface area contributed by atoms with Crippen LogP contribution in [-0.2, 0) is 0 Å². The van der Waals surface area contributed by atoms with Crippen LogP contribution in [0.25, 0.3) is 10.9 Å². The SMILES string of the molecule is CC(=O)c1c[nH]c2cccc(OCC#N)c12. The first-order chi connectivity index (χ1) is 7.74. The summed E-state index contributed by atoms with van der Waals surface area (Å²) in [5, 5.41) is 9.22. The van der Waals surface area contributed by atoms with Crippen molar-refractivity contribution in [2.45, 2.75) is 6.92 Å². The molecular weight excluding hydrogens is 204 g/mol. The molecule has 0 bridgehead atoms. The van der Waals surface area contributed by atoms with Crippen LogP contribution < -0.4 is 4.74 Å². The molecule has 0 spiro atoms. The van der Waals surface area contributed by atoms with Crippen LogP contribution in [0.15, 0.2) is 24.4 Å². The van der Waals surface area contributed by atoms with Gasteiger partial charge in [-0.3, -0.25) is 4.79 Å². The third-order valence-corrected chi connectivity index (χ3v) is 2.34. The van der Waals surface area contributed by atoms with Gasteiger partial charge in [-0.15, -0.1) is 0 Å². The van der Waals surface area contributed by atoms with Gasteiger partial charge >= 0.3 is 0 Å². The van der Waals surface area contributed by atoms with E-state index in [0.717, 1.165) is 10.9 Å². The van der Waals surface area contributed by atoms with Crippen molar-refractivity contribution in [1.29, 1.82) is 5.26 Å². The summed E-state index contributed by atoms with van der Waals surface area (Å²) in [5.41, 5.74) is 1.42. The fourth-order valence-corrected chi connectivity index (χ4v) is 1.66. The Morgan fingerprint density at radius 1 is 1.56 bits per heavy atom. The van der Waals surface area contributed by atoms with Gasteiger partial charge in [-0.2, -0.15) is 5.26 Å². The second kappa shape index (κ2) is 4.07. The number of carbonyl (C=O) groups excluding carboxylic acids is 1. The van der Waals surface area contributed by atoms with Crippen molar-refractivity contribution >= 4 is 16.7 Å². The Morgan fingerprint density at radius 2 is 2.38 bits per heavy atom. The summed E-state index contributed by atoms with van der Waals surface area (Å²) >= 11 is 0. The number of Topliss-reactive ketones (excluding diaryl/α,β-unsaturated/α-hetero) is 1. The van der Waals surface area contributed by atoms with Crippen LogP contribution in [0.1, 0.15) is 17.3 Å². The van der Waals surface area contributed by atoms with Crippen LogP contribution >= 0.6 is 0 Å². The zero-order valence-electron chi connectivity index (χ0n) is 8.78. The molecule has 0 aliphatic heterocycles. The molecule has 0 unspecified atom stereocenters. The number of hydrogen-bond acceptors (Lipinski definition) is 3. The van der Waals surface area contributed by atoms with E-state index in [4.69, 9.17) is 10.00 Å². The molecule has 2 rings (SSSR count). The van der Waals surface area contributed by atoms with Crippen molar-refractivity contribution in [3.63, 3.8) is 0 Å². The van der Waals surface area contributed by atoms with E-state index in [1.165, 1.54) is 6.92 Å². The number of H-pyrrole nitrogens is 1. The molecule has 0 amide bonds. The molecule has 2 aromatic rings. The first-order valence-electron chi connectivity index (χ1n) is 4.85. The Bertz CT molecular complexity index is 578. The normalized spacial score (nSPS) is 10.0. The summed E-state index contributed by atoms with van der Waals surface area (Å²) in [4.78, 5) is 14.4. The van der Waals surface area contributed by atoms with Gasteiger partial charge in [0.15, 0.2) is 12.4 Å². The molecule has 0 fully saturated rings. The van der Waals surface area contributed by atoms with Gasteiger partial charge in [0.2, 0.25) is 0 Å². The minimum absolute atomic E-state index is 0.0262. The molecule has 80 valence electrons. The maximum atomic E-state index is 11.4. The number of nitrogens with zero attached hydrogens (tertiary/aromatic N) is 1. The number of ketones is 1. The fraction of sp³-hybridized carbons (Fsp3) is 0.167. The maximum absolute atomic E-state index is 11.4. The lowest BCUT2D eigenvalue weighted by Crippen LogP contribution is -1.96. The molecule has 0 aliphatic rings. The van der Waals surface area contributed by atoms with Gasteiger partial charge in [0.25, 0.3) is 0 Å². The number of benzene rings is 1. The summed E-state index contributed by atoms with van der Waals surface area (Å²) in [6.45, 7) is 1.48. The molecule has 1 N–H and O–H groups in total. The second-order valence-corrected chi connectivity index (χ2v) is 3.38. The third-order valence-electron chi connectivity index (χ3n) is 2.34. The first kappa shape index (κ1) is 10.2. The standard InChI is InChI=1S/C12H10N2O2/c1-8(15)9-7-14-10-3-2-4-11(12(9)10)16-6-5-13/h2-4,7,14H,6H2,1H3. The van der Waals surface area contributed by atoms with Crippen LogP contribution in [0.2, 0.25) is 0 Å². The van der Waals surface area contributed by atoms with Crippen molar-refractivity contribution in [2.24, 2.45) is 0 Å². The number of hydrogen-bond donors (Lipinski definition) is 1. The second-order valence-electron chi connectivity index (χ2n) is 3.38. The third kappa shape index (κ3) is 1.63. The van der Waals surface area contributed by atoms with E-state index in [0.29, 0.717) is 11.3 Å². The lowest BCUT2D eigenvalue weighted by Gasteiger charge is -2.04. The molecule has 0 saturated heterocycles. The Labute approximate surface area is 92.4 Å². The molecule has 4 nitrogen and oxygen atoms in total. The van der Waals surface area contributed by atoms with E-state index in [1.54, 1.807) is 12.3 Å². The van der Waals surface area contributed by atoms with Crippen LogP contribution in [0.5, 0.6) is 5.75 Å². The Balaban J connectivity index is 2.60. The molecular formula is C12H10N2O2. The van der Waals surface area contributed by atoms with Crippen molar-refractivity contribution in [3.8, 4) is 11.8 Å². The topological polar surface area (TPSA) is 65.9 Å². The Kier molecular flexibility index (Phi) is 2.61. The summed E-state index contributed by atoms with van der Waals surface area (Å²) in [6.07, 6.45) is 1.66. The molecule has 16 heavy (non-hydrogen) atoms. The van der Waals surface area contributed by atoms with Crippen LogP contribution in [0, 0.1) is 11.3 Å². The molecule has 1 aromatic heterocycles. The fourth-order valence-electron chi connectivity index (χ4n) is 1.66. The lowest BCUT2D eigenvalue weighted by atomic mass is 10.1. The monoisotopic (exact) mass is 214 g/mol. The molecule has 0 radical (unpaired) electrons. The van der Waals surface area contributed by atoms with Crippen molar-refractivity contribution in [1.82, 2.24) is 4.98 Å². The average molecular weight is 214 g/mol. The highest BCUT2D eigenvalue weighted by Crippen LogP contribution is 2.28. The van der Waals surface area contributed by atoms with Crippen LogP contribution in [0.3, 0.4) is 0 Å². The van der Waals surface area contributed by atoms with Crippen molar-refractivity contribution in [3.05, 3.63) is 30.0 Å². The van der Waals surface area contributed by atoms with Gasteiger partial charge in [-0.25, -0.2) is 0 Å². The Hall–Kier alpha value is -2.28. The van der Waals surface area contributed by atoms with Gasteiger partial charge in [0.05, 0.1) is 5.39 Å². The molecule has 4 heteroatoms. The highest BCUT2D eigenvalue weighted by Gasteiger charge is 2.12. The number of ether oxygens (including phenoxy) is 1. The average Bonchev–Trinajstić information content (AvgIpc) is 2.70. The summed E-state index contributed by atoms with van der Waals surface area (Å²) in [7, 11) is 0. The maximum Gasteiger partial charge on any atom is 0.174 e. The quantitative estimate of drug-likeness (QED) is 0.797. The van der Waals surface area contributed by atoms with Crippen LogP contribution in [-0.4, -0.2) is 17.4 Å². The van der Waals surface area contributed by atoms with Gasteiger partial charge in [0.1, 0.15) is 11.8 Å². The van der Waals surface area contributed by atoms with Gasteiger partial charge in [-0.05, 0) is 19.1 Å². The van der Waals surface area contributed by atoms with E-state index in [9.17, 15) is 4.79 Å². The van der Waals surface area contributed by atoms with E-state index in [2.05, 4.69) is 4.98 Å². The van der Waals surface area contributed by atoms with E-state index in [-0.39, 0.29) is 12.4 Å². The molecule has 1 heterocycles. The van der Waals surface area contributed by atoms with Crippen molar-refractivity contribution < 1.29 is 9.53 Å². The largest absolute Gasteiger partial charge is 0.478 e. The number of aromatic amines is 1. The van der Waals surface area contributed by atoms with Crippen LogP contribution in [0.4, 0.5) is 0 Å². The zero-order valence-corrected chi connectivity index (χ0v) is 8.78. The molecule has 1 aromatic carbocycles. The molecule has 0 aliphatic carbocycles. The van der Waals surface area contributed by atoms with E-state index < -0.39 is 0 Å². The highest BCUT2D eigenvalue weighted by molar-refractivity contribution is 6.08. The van der Waals surface area contributed by atoms with Gasteiger partial charge in [0, 0.05) is 17.3 Å². The van der Waals surface area contributed by atoms with E-state index in [1.807, 2.05) is 18.2 Å². The number of aromatic nitrogens is 1. The highest BCUT2D eigenvalue weighted by atomic mass is 16.5.